The molecule has 1 N–H and O–H groups in total. The molecule has 0 spiro atoms. The molecule has 1 fully saturated rings. The molecule has 2 aromatic heterocycles. The highest BCUT2D eigenvalue weighted by Crippen LogP contribution is 2.32. The molecule has 1 saturated carbocycles. The van der Waals surface area contributed by atoms with Crippen LogP contribution in [0.5, 0.6) is 0 Å². The largest absolute Gasteiger partial charge is 0.355 e. The van der Waals surface area contributed by atoms with Crippen molar-refractivity contribution in [2.24, 2.45) is 0 Å². The van der Waals surface area contributed by atoms with Gasteiger partial charge in [0.1, 0.15) is 0 Å². The summed E-state index contributed by atoms with van der Waals surface area (Å²) >= 11 is 0. The van der Waals surface area contributed by atoms with Crippen molar-refractivity contribution in [1.82, 2.24) is 20.3 Å². The standard InChI is InChI=1S/C20H22N4O2/c1-13(2)15-11-21-24(12-15)17-8-16(9-17)22-20(25)18-10-19(26-23-18)14-6-4-3-5-7-14/h3-7,10-13,16-17H,8-9H2,1-2H3,(H,22,25)/t16-,17+. The van der Waals surface area contributed by atoms with Crippen LogP contribution in [0.2, 0.25) is 0 Å². The van der Waals surface area contributed by atoms with Crippen LogP contribution in [-0.2, 0) is 0 Å². The Bertz CT molecular complexity index is 891. The zero-order chi connectivity index (χ0) is 18.1. The molecule has 4 rings (SSSR count). The Morgan fingerprint density at radius 3 is 2.73 bits per heavy atom. The molecular formula is C20H22N4O2. The van der Waals surface area contributed by atoms with Gasteiger partial charge in [0.25, 0.3) is 5.91 Å². The monoisotopic (exact) mass is 350 g/mol. The Balaban J connectivity index is 1.33. The first-order valence-electron chi connectivity index (χ1n) is 8.97. The lowest BCUT2D eigenvalue weighted by Gasteiger charge is -2.35. The van der Waals surface area contributed by atoms with Crippen molar-refractivity contribution >= 4 is 5.91 Å². The fourth-order valence-electron chi connectivity index (χ4n) is 3.15. The Morgan fingerprint density at radius 2 is 2.04 bits per heavy atom. The average Bonchev–Trinajstić information content (AvgIpc) is 3.28. The maximum Gasteiger partial charge on any atom is 0.273 e. The highest BCUT2D eigenvalue weighted by atomic mass is 16.5. The van der Waals surface area contributed by atoms with Crippen LogP contribution in [0, 0.1) is 0 Å². The maximum absolute atomic E-state index is 12.4. The van der Waals surface area contributed by atoms with Crippen molar-refractivity contribution < 1.29 is 9.32 Å². The summed E-state index contributed by atoms with van der Waals surface area (Å²) in [6, 6.07) is 11.8. The van der Waals surface area contributed by atoms with Gasteiger partial charge in [-0.2, -0.15) is 5.10 Å². The van der Waals surface area contributed by atoms with E-state index in [9.17, 15) is 4.79 Å². The van der Waals surface area contributed by atoms with E-state index in [4.69, 9.17) is 4.52 Å². The Morgan fingerprint density at radius 1 is 1.27 bits per heavy atom. The van der Waals surface area contributed by atoms with Gasteiger partial charge in [0, 0.05) is 23.9 Å². The number of hydrogen-bond acceptors (Lipinski definition) is 4. The molecule has 6 heteroatoms. The minimum Gasteiger partial charge on any atom is -0.355 e. The summed E-state index contributed by atoms with van der Waals surface area (Å²) in [4.78, 5) is 12.4. The third kappa shape index (κ3) is 3.27. The van der Waals surface area contributed by atoms with Gasteiger partial charge in [-0.1, -0.05) is 49.3 Å². The van der Waals surface area contributed by atoms with Crippen LogP contribution in [0.15, 0.2) is 53.3 Å². The van der Waals surface area contributed by atoms with Gasteiger partial charge >= 0.3 is 0 Å². The molecular weight excluding hydrogens is 328 g/mol. The third-order valence-corrected chi connectivity index (χ3v) is 4.91. The number of amides is 1. The van der Waals surface area contributed by atoms with Crippen LogP contribution in [0.25, 0.3) is 11.3 Å². The van der Waals surface area contributed by atoms with Crippen LogP contribution in [-0.4, -0.2) is 26.9 Å². The van der Waals surface area contributed by atoms with E-state index in [0.717, 1.165) is 18.4 Å². The smallest absolute Gasteiger partial charge is 0.273 e. The number of carbonyl (C=O) groups excluding carboxylic acids is 1. The maximum atomic E-state index is 12.4. The first kappa shape index (κ1) is 16.6. The van der Waals surface area contributed by atoms with Crippen LogP contribution in [0.4, 0.5) is 0 Å². The quantitative estimate of drug-likeness (QED) is 0.760. The first-order chi connectivity index (χ1) is 12.6. The van der Waals surface area contributed by atoms with E-state index in [0.29, 0.717) is 23.4 Å². The van der Waals surface area contributed by atoms with E-state index in [-0.39, 0.29) is 11.9 Å². The van der Waals surface area contributed by atoms with Crippen molar-refractivity contribution in [2.45, 2.75) is 44.7 Å². The van der Waals surface area contributed by atoms with Gasteiger partial charge in [0.05, 0.1) is 12.2 Å². The van der Waals surface area contributed by atoms with Crippen LogP contribution in [0.3, 0.4) is 0 Å². The third-order valence-electron chi connectivity index (χ3n) is 4.91. The summed E-state index contributed by atoms with van der Waals surface area (Å²) < 4.78 is 7.31. The van der Waals surface area contributed by atoms with Gasteiger partial charge in [-0.15, -0.1) is 0 Å². The molecule has 0 radical (unpaired) electrons. The van der Waals surface area contributed by atoms with Crippen LogP contribution >= 0.6 is 0 Å². The number of nitrogens with zero attached hydrogens (tertiary/aromatic N) is 3. The molecule has 6 nitrogen and oxygen atoms in total. The fraction of sp³-hybridized carbons (Fsp3) is 0.350. The number of benzene rings is 1. The number of rotatable bonds is 5. The number of aromatic nitrogens is 3. The zero-order valence-corrected chi connectivity index (χ0v) is 14.9. The van der Waals surface area contributed by atoms with E-state index in [2.05, 4.69) is 35.6 Å². The predicted molar refractivity (Wildman–Crippen MR) is 97.8 cm³/mol. The topological polar surface area (TPSA) is 73.0 Å². The molecule has 1 aromatic carbocycles. The molecule has 0 aliphatic heterocycles. The molecule has 0 saturated heterocycles. The Hall–Kier alpha value is -2.89. The van der Waals surface area contributed by atoms with Crippen LogP contribution < -0.4 is 5.32 Å². The first-order valence-corrected chi connectivity index (χ1v) is 8.97. The predicted octanol–water partition coefficient (Wildman–Crippen LogP) is 3.80. The molecule has 0 bridgehead atoms. The minimum absolute atomic E-state index is 0.149. The van der Waals surface area contributed by atoms with E-state index >= 15 is 0 Å². The lowest BCUT2D eigenvalue weighted by atomic mass is 9.86. The fourth-order valence-corrected chi connectivity index (χ4v) is 3.15. The average molecular weight is 350 g/mol. The number of hydrogen-bond donors (Lipinski definition) is 1. The van der Waals surface area contributed by atoms with Gasteiger partial charge in [-0.05, 0) is 24.3 Å². The summed E-state index contributed by atoms with van der Waals surface area (Å²) in [7, 11) is 0. The van der Waals surface area contributed by atoms with Crippen molar-refractivity contribution in [2.75, 3.05) is 0 Å². The van der Waals surface area contributed by atoms with E-state index < -0.39 is 0 Å². The van der Waals surface area contributed by atoms with Gasteiger partial charge < -0.3 is 9.84 Å². The van der Waals surface area contributed by atoms with Crippen molar-refractivity contribution in [3.05, 3.63) is 60.0 Å². The van der Waals surface area contributed by atoms with E-state index in [1.165, 1.54) is 5.56 Å². The van der Waals surface area contributed by atoms with Gasteiger partial charge in [-0.25, -0.2) is 0 Å². The summed E-state index contributed by atoms with van der Waals surface area (Å²) in [6.07, 6.45) is 5.80. The zero-order valence-electron chi connectivity index (χ0n) is 14.9. The Labute approximate surface area is 152 Å². The minimum atomic E-state index is -0.192. The highest BCUT2D eigenvalue weighted by Gasteiger charge is 2.33. The van der Waals surface area contributed by atoms with E-state index in [1.807, 2.05) is 41.2 Å². The molecule has 1 amide bonds. The second-order valence-electron chi connectivity index (χ2n) is 7.15. The van der Waals surface area contributed by atoms with E-state index in [1.54, 1.807) is 6.07 Å². The summed E-state index contributed by atoms with van der Waals surface area (Å²) in [5, 5.41) is 11.4. The SMILES string of the molecule is CC(C)c1cnn([C@H]2C[C@@H](NC(=O)c3cc(-c4ccccc4)on3)C2)c1. The normalized spacial score (nSPS) is 19.3. The highest BCUT2D eigenvalue weighted by molar-refractivity contribution is 5.93. The molecule has 1 aliphatic carbocycles. The van der Waals surface area contributed by atoms with Gasteiger partial charge in [-0.3, -0.25) is 9.48 Å². The second kappa shape index (κ2) is 6.78. The molecule has 0 unspecified atom stereocenters. The molecule has 0 atom stereocenters. The van der Waals surface area contributed by atoms with Gasteiger partial charge in [0.2, 0.25) is 0 Å². The molecule has 3 aromatic rings. The van der Waals surface area contributed by atoms with Crippen LogP contribution in [0.1, 0.15) is 54.7 Å². The Kier molecular flexibility index (Phi) is 4.32. The molecule has 1 aliphatic rings. The van der Waals surface area contributed by atoms with Crippen molar-refractivity contribution in [3.8, 4) is 11.3 Å². The van der Waals surface area contributed by atoms with Crippen molar-refractivity contribution in [3.63, 3.8) is 0 Å². The number of carbonyl (C=O) groups is 1. The summed E-state index contributed by atoms with van der Waals surface area (Å²) in [6.45, 7) is 4.32. The summed E-state index contributed by atoms with van der Waals surface area (Å²) in [5.74, 6) is 0.882. The lowest BCUT2D eigenvalue weighted by molar-refractivity contribution is 0.0879. The number of nitrogens with one attached hydrogen (secondary N) is 1. The van der Waals surface area contributed by atoms with Crippen molar-refractivity contribution in [1.29, 1.82) is 0 Å². The summed E-state index contributed by atoms with van der Waals surface area (Å²) in [5.41, 5.74) is 2.46. The van der Waals surface area contributed by atoms with Gasteiger partial charge in [0.15, 0.2) is 11.5 Å². The second-order valence-corrected chi connectivity index (χ2v) is 7.15. The molecule has 2 heterocycles. The molecule has 26 heavy (non-hydrogen) atoms. The molecule has 134 valence electrons. The lowest BCUT2D eigenvalue weighted by Crippen LogP contribution is -2.45.